The number of hydrogen-bond donors (Lipinski definition) is 0. The number of carbonyl (C=O) groups is 2. The molecular weight excluding hydrogens is 556 g/mol. The monoisotopic (exact) mass is 600 g/mol. The lowest BCUT2D eigenvalue weighted by atomic mass is 9.63. The molecule has 2 aromatic rings. The van der Waals surface area contributed by atoms with E-state index in [2.05, 4.69) is 28.2 Å². The number of epoxide rings is 2. The highest BCUT2D eigenvalue weighted by molar-refractivity contribution is 5.91. The van der Waals surface area contributed by atoms with E-state index < -0.39 is 11.3 Å². The van der Waals surface area contributed by atoms with Gasteiger partial charge in [0.2, 0.25) is 0 Å². The van der Waals surface area contributed by atoms with Crippen LogP contribution < -0.4 is 0 Å². The first-order valence-corrected chi connectivity index (χ1v) is 16.6. The summed E-state index contributed by atoms with van der Waals surface area (Å²) in [5.41, 5.74) is 1.72. The number of carbonyl (C=O) groups excluding carboxylic acids is 2. The molecule has 6 fully saturated rings. The van der Waals surface area contributed by atoms with Crippen LogP contribution in [0.5, 0.6) is 0 Å². The molecule has 4 bridgehead atoms. The van der Waals surface area contributed by atoms with Crippen molar-refractivity contribution in [1.29, 1.82) is 0 Å². The van der Waals surface area contributed by atoms with Gasteiger partial charge in [-0.15, -0.1) is 0 Å². The summed E-state index contributed by atoms with van der Waals surface area (Å²) in [4.78, 5) is 28.6. The van der Waals surface area contributed by atoms with Crippen LogP contribution in [0.4, 0.5) is 0 Å². The van der Waals surface area contributed by atoms with Crippen LogP contribution in [0.1, 0.15) is 61.1 Å². The number of fused-ring (bicyclic) bond motifs is 11. The maximum atomic E-state index is 14.6. The number of rotatable bonds is 5. The predicted molar refractivity (Wildman–Crippen MR) is 161 cm³/mol. The van der Waals surface area contributed by atoms with E-state index in [0.29, 0.717) is 61.4 Å². The van der Waals surface area contributed by atoms with Crippen molar-refractivity contribution < 1.29 is 37.5 Å². The van der Waals surface area contributed by atoms with Gasteiger partial charge in [-0.2, -0.15) is 0 Å². The fourth-order valence-corrected chi connectivity index (χ4v) is 10.5. The predicted octanol–water partition coefficient (Wildman–Crippen LogP) is 3.45. The first-order valence-electron chi connectivity index (χ1n) is 16.6. The summed E-state index contributed by atoms with van der Waals surface area (Å²) in [6.45, 7) is 0. The van der Waals surface area contributed by atoms with Gasteiger partial charge in [-0.1, -0.05) is 54.6 Å². The van der Waals surface area contributed by atoms with E-state index in [-0.39, 0.29) is 24.1 Å². The molecule has 2 aromatic carbocycles. The molecule has 0 saturated carbocycles. The van der Waals surface area contributed by atoms with Gasteiger partial charge in [-0.3, -0.25) is 9.59 Å². The Bertz CT molecular complexity index is 1490. The highest BCUT2D eigenvalue weighted by Crippen LogP contribution is 2.54. The van der Waals surface area contributed by atoms with Crippen molar-refractivity contribution in [2.75, 3.05) is 28.2 Å². The third kappa shape index (κ3) is 3.71. The van der Waals surface area contributed by atoms with Crippen molar-refractivity contribution >= 4 is 11.9 Å². The third-order valence-corrected chi connectivity index (χ3v) is 13.1. The van der Waals surface area contributed by atoms with Crippen molar-refractivity contribution in [1.82, 2.24) is 0 Å². The molecule has 7 aliphatic rings. The highest BCUT2D eigenvalue weighted by atomic mass is 16.6. The molecule has 11 atom stereocenters. The summed E-state index contributed by atoms with van der Waals surface area (Å²) in [6, 6.07) is 19.5. The van der Waals surface area contributed by atoms with Crippen LogP contribution in [-0.2, 0) is 34.0 Å². The minimum absolute atomic E-state index is 0.0856. The summed E-state index contributed by atoms with van der Waals surface area (Å²) < 4.78 is 26.7. The van der Waals surface area contributed by atoms with Gasteiger partial charge in [0.25, 0.3) is 0 Å². The first-order chi connectivity index (χ1) is 21.1. The van der Waals surface area contributed by atoms with Gasteiger partial charge in [-0.05, 0) is 29.5 Å². The number of ether oxygens (including phenoxy) is 4. The first kappa shape index (κ1) is 27.5. The topological polar surface area (TPSA) is 77.7 Å². The number of hydrogen-bond acceptors (Lipinski definition) is 6. The van der Waals surface area contributed by atoms with Gasteiger partial charge < -0.3 is 27.9 Å². The SMILES string of the molecule is C[N+]1(C)[C@@H]2CC(OC(=O)[C@H]3CC[C@](C(=O)OC4C[C@H]5[C@H]6O[C@@H]6[C@H](C4)[N+]5(C)C)(c4ccccc4)c4ccccc43)C[C@H]1[C@H]1O[C@@H]12. The number of morpholine rings is 2. The van der Waals surface area contributed by atoms with Gasteiger partial charge in [0.15, 0.2) is 0 Å². The Morgan fingerprint density at radius 2 is 1.20 bits per heavy atom. The van der Waals surface area contributed by atoms with E-state index in [1.165, 1.54) is 0 Å². The van der Waals surface area contributed by atoms with Crippen LogP contribution in [0.2, 0.25) is 0 Å². The molecule has 1 aliphatic carbocycles. The minimum Gasteiger partial charge on any atom is -0.461 e. The van der Waals surface area contributed by atoms with Crippen LogP contribution in [0.15, 0.2) is 54.6 Å². The molecule has 232 valence electrons. The number of piperidine rings is 2. The average molecular weight is 601 g/mol. The molecule has 0 aromatic heterocycles. The lowest BCUT2D eigenvalue weighted by molar-refractivity contribution is -0.938. The Morgan fingerprint density at radius 3 is 1.77 bits per heavy atom. The second kappa shape index (κ2) is 9.15. The van der Waals surface area contributed by atoms with Crippen molar-refractivity contribution in [2.24, 2.45) is 0 Å². The summed E-state index contributed by atoms with van der Waals surface area (Å²) in [5, 5.41) is 0. The average Bonchev–Trinajstić information content (AvgIpc) is 3.91. The largest absolute Gasteiger partial charge is 0.461 e. The molecule has 8 heteroatoms. The molecule has 6 aliphatic heterocycles. The van der Waals surface area contributed by atoms with Gasteiger partial charge in [0.05, 0.1) is 34.1 Å². The zero-order valence-electron chi connectivity index (χ0n) is 26.1. The quantitative estimate of drug-likeness (QED) is 0.297. The number of benzene rings is 2. The number of esters is 2. The van der Waals surface area contributed by atoms with Crippen LogP contribution >= 0.6 is 0 Å². The molecule has 6 heterocycles. The molecule has 0 radical (unpaired) electrons. The zero-order valence-corrected chi connectivity index (χ0v) is 26.1. The second-order valence-electron chi connectivity index (χ2n) is 15.6. The number of nitrogens with zero attached hydrogens (tertiary/aromatic N) is 2. The van der Waals surface area contributed by atoms with Gasteiger partial charge in [0.1, 0.15) is 66.2 Å². The van der Waals surface area contributed by atoms with E-state index >= 15 is 0 Å². The third-order valence-electron chi connectivity index (χ3n) is 13.1. The van der Waals surface area contributed by atoms with Crippen LogP contribution in [0.25, 0.3) is 0 Å². The van der Waals surface area contributed by atoms with Crippen LogP contribution in [0.3, 0.4) is 0 Å². The molecule has 0 N–H and O–H groups in total. The maximum absolute atomic E-state index is 14.6. The summed E-state index contributed by atoms with van der Waals surface area (Å²) >= 11 is 0. The standard InChI is InChI=1S/C36H44N2O6/c1-37(2)26-16-21(17-27(37)31-30(26)43-31)41-34(39)24-14-15-36(20-10-6-5-7-11-20,25-13-9-8-12-23(24)25)35(40)42-22-18-28-32-33(44-32)29(19-22)38(28,3)4/h5-13,21-22,24,26-33H,14-19H2,1-4H3/q+2/t21?,24-,26-,27+,28-,29-,30+,31+,32+,33+,36-/m0/s1. The van der Waals surface area contributed by atoms with E-state index in [9.17, 15) is 9.59 Å². The lowest BCUT2D eigenvalue weighted by Gasteiger charge is -2.46. The lowest BCUT2D eigenvalue weighted by Crippen LogP contribution is -2.60. The highest BCUT2D eigenvalue weighted by Gasteiger charge is 2.72. The van der Waals surface area contributed by atoms with E-state index in [1.807, 2.05) is 54.6 Å². The zero-order chi connectivity index (χ0) is 30.2. The summed E-state index contributed by atoms with van der Waals surface area (Å²) in [6.07, 6.45) is 5.38. The van der Waals surface area contributed by atoms with E-state index in [1.54, 1.807) is 0 Å². The fourth-order valence-electron chi connectivity index (χ4n) is 10.5. The Balaban J connectivity index is 0.998. The van der Waals surface area contributed by atoms with E-state index in [0.717, 1.165) is 51.3 Å². The van der Waals surface area contributed by atoms with Crippen molar-refractivity contribution in [3.8, 4) is 0 Å². The van der Waals surface area contributed by atoms with Crippen molar-refractivity contribution in [3.05, 3.63) is 71.3 Å². The van der Waals surface area contributed by atoms with Crippen molar-refractivity contribution in [3.63, 3.8) is 0 Å². The molecule has 6 saturated heterocycles. The maximum Gasteiger partial charge on any atom is 0.321 e. The Morgan fingerprint density at radius 1 is 0.705 bits per heavy atom. The van der Waals surface area contributed by atoms with E-state index in [4.69, 9.17) is 18.9 Å². The Kier molecular flexibility index (Phi) is 5.72. The second-order valence-corrected chi connectivity index (χ2v) is 15.6. The molecule has 1 unspecified atom stereocenters. The normalized spacial score (nSPS) is 44.5. The Hall–Kier alpha value is -2.78. The summed E-state index contributed by atoms with van der Waals surface area (Å²) in [7, 11) is 9.16. The smallest absolute Gasteiger partial charge is 0.321 e. The molecule has 9 rings (SSSR count). The van der Waals surface area contributed by atoms with Crippen molar-refractivity contribution in [2.45, 2.75) is 111 Å². The molecule has 8 nitrogen and oxygen atoms in total. The number of quaternary nitrogens is 2. The summed E-state index contributed by atoms with van der Waals surface area (Å²) in [5.74, 6) is -0.768. The van der Waals surface area contributed by atoms with Crippen LogP contribution in [0, 0.1) is 0 Å². The molecular formula is C36H44N2O6+2. The Labute approximate surface area is 259 Å². The number of likely N-dealkylation sites (N-methyl/N-ethyl adjacent to an activating group) is 2. The minimum atomic E-state index is -0.973. The molecule has 0 spiro atoms. The van der Waals surface area contributed by atoms with Gasteiger partial charge >= 0.3 is 11.9 Å². The fraction of sp³-hybridized carbons (Fsp3) is 0.611. The molecule has 44 heavy (non-hydrogen) atoms. The van der Waals surface area contributed by atoms with Gasteiger partial charge in [0, 0.05) is 25.7 Å². The molecule has 0 amide bonds. The van der Waals surface area contributed by atoms with Crippen LogP contribution in [-0.4, -0.2) is 110 Å². The van der Waals surface area contributed by atoms with Gasteiger partial charge in [-0.25, -0.2) is 0 Å².